The highest BCUT2D eigenvalue weighted by atomic mass is 16.7. The van der Waals surface area contributed by atoms with E-state index in [1.807, 2.05) is 36.4 Å². The van der Waals surface area contributed by atoms with Gasteiger partial charge in [0.1, 0.15) is 23.3 Å². The smallest absolute Gasteiger partial charge is 0.316 e. The number of ether oxygens (including phenoxy) is 5. The van der Waals surface area contributed by atoms with E-state index in [1.165, 1.54) is 4.90 Å². The fourth-order valence-corrected chi connectivity index (χ4v) is 5.12. The molecule has 3 aliphatic heterocycles. The fourth-order valence-electron chi connectivity index (χ4n) is 5.12. The summed E-state index contributed by atoms with van der Waals surface area (Å²) >= 11 is 0. The molecule has 11 heteroatoms. The third-order valence-corrected chi connectivity index (χ3v) is 7.38. The Bertz CT molecular complexity index is 1390. The molecule has 234 valence electrons. The number of carbonyl (C=O) groups is 3. The van der Waals surface area contributed by atoms with E-state index in [0.29, 0.717) is 25.4 Å². The van der Waals surface area contributed by atoms with Gasteiger partial charge in [-0.15, -0.1) is 0 Å². The quantitative estimate of drug-likeness (QED) is 0.337. The Morgan fingerprint density at radius 1 is 0.930 bits per heavy atom. The van der Waals surface area contributed by atoms with Crippen molar-refractivity contribution in [2.75, 3.05) is 60.1 Å². The van der Waals surface area contributed by atoms with Crippen molar-refractivity contribution < 1.29 is 48.7 Å². The number of piperidine rings is 2. The van der Waals surface area contributed by atoms with Crippen LogP contribution >= 0.6 is 0 Å². The largest absolute Gasteiger partial charge is 0.497 e. The van der Waals surface area contributed by atoms with Gasteiger partial charge in [-0.25, -0.2) is 0 Å². The molecule has 0 aromatic heterocycles. The SMILES string of the molecule is [2H]C1([2H])C(=O)C(C(=O)OCC)CCN1Cc1ccc(OC)cc1.[2H]C1([2H])N(Cc2ccc(OC)cc2)CCC(C(=O)O)C12OCCO2. The number of esters is 1. The second kappa shape index (κ2) is 15.3. The first-order chi connectivity index (χ1) is 22.3. The summed E-state index contributed by atoms with van der Waals surface area (Å²) in [6.45, 7) is -0.758. The van der Waals surface area contributed by atoms with Crippen LogP contribution in [0.15, 0.2) is 48.5 Å². The number of carboxylic acids is 1. The molecule has 1 N–H and O–H groups in total. The molecule has 0 radical (unpaired) electrons. The third kappa shape index (κ3) is 8.54. The molecule has 3 fully saturated rings. The van der Waals surface area contributed by atoms with E-state index in [0.717, 1.165) is 16.9 Å². The summed E-state index contributed by atoms with van der Waals surface area (Å²) < 4.78 is 59.4. The first-order valence-electron chi connectivity index (χ1n) is 16.3. The Morgan fingerprint density at radius 3 is 1.98 bits per heavy atom. The molecule has 43 heavy (non-hydrogen) atoms. The molecule has 3 heterocycles. The van der Waals surface area contributed by atoms with Crippen LogP contribution in [-0.2, 0) is 41.7 Å². The lowest BCUT2D eigenvalue weighted by Crippen LogP contribution is -2.56. The number of carboxylic acid groups (broad SMARTS) is 1. The molecule has 2 unspecified atom stereocenters. The van der Waals surface area contributed by atoms with Crippen molar-refractivity contribution in [1.82, 2.24) is 9.80 Å². The number of aliphatic carboxylic acids is 1. The highest BCUT2D eigenvalue weighted by Crippen LogP contribution is 2.36. The van der Waals surface area contributed by atoms with Gasteiger partial charge in [-0.05, 0) is 61.7 Å². The maximum Gasteiger partial charge on any atom is 0.316 e. The van der Waals surface area contributed by atoms with Crippen LogP contribution in [0.1, 0.15) is 36.4 Å². The van der Waals surface area contributed by atoms with Gasteiger partial charge in [-0.2, -0.15) is 0 Å². The normalized spacial score (nSPS) is 25.7. The Kier molecular flexibility index (Phi) is 9.62. The van der Waals surface area contributed by atoms with Gasteiger partial charge in [0.2, 0.25) is 0 Å². The van der Waals surface area contributed by atoms with Gasteiger partial charge in [-0.1, -0.05) is 24.3 Å². The lowest BCUT2D eigenvalue weighted by atomic mass is 9.90. The Labute approximate surface area is 258 Å². The summed E-state index contributed by atoms with van der Waals surface area (Å²) in [6, 6.07) is 14.6. The second-order valence-electron chi connectivity index (χ2n) is 10.3. The maximum atomic E-state index is 12.3. The number of rotatable bonds is 9. The predicted octanol–water partition coefficient (Wildman–Crippen LogP) is 2.99. The molecule has 1 spiro atoms. The first-order valence-corrected chi connectivity index (χ1v) is 14.3. The van der Waals surface area contributed by atoms with Crippen LogP contribution in [0.3, 0.4) is 0 Å². The van der Waals surface area contributed by atoms with Crippen molar-refractivity contribution >= 4 is 17.7 Å². The van der Waals surface area contributed by atoms with Crippen LogP contribution in [-0.4, -0.2) is 98.5 Å². The minimum Gasteiger partial charge on any atom is -0.497 e. The van der Waals surface area contributed by atoms with E-state index in [4.69, 9.17) is 29.2 Å². The van der Waals surface area contributed by atoms with Gasteiger partial charge in [0.05, 0.1) is 49.8 Å². The Morgan fingerprint density at radius 2 is 1.47 bits per heavy atom. The van der Waals surface area contributed by atoms with Crippen LogP contribution in [0.5, 0.6) is 11.5 Å². The van der Waals surface area contributed by atoms with E-state index in [-0.39, 0.29) is 39.2 Å². The van der Waals surface area contributed by atoms with Crippen molar-refractivity contribution in [3.63, 3.8) is 0 Å². The molecule has 0 saturated carbocycles. The highest BCUT2D eigenvalue weighted by Gasteiger charge is 2.51. The molecule has 2 aromatic rings. The number of likely N-dealkylation sites (tertiary alicyclic amines) is 2. The number of hydrogen-bond donors (Lipinski definition) is 1. The number of carbonyl (C=O) groups excluding carboxylic acids is 2. The predicted molar refractivity (Wildman–Crippen MR) is 157 cm³/mol. The molecule has 5 rings (SSSR count). The summed E-state index contributed by atoms with van der Waals surface area (Å²) in [7, 11) is 3.16. The van der Waals surface area contributed by atoms with Gasteiger partial charge < -0.3 is 28.8 Å². The maximum absolute atomic E-state index is 12.3. The van der Waals surface area contributed by atoms with Crippen LogP contribution in [0.25, 0.3) is 0 Å². The number of hydrogen-bond acceptors (Lipinski definition) is 10. The molecule has 0 amide bonds. The van der Waals surface area contributed by atoms with Gasteiger partial charge >= 0.3 is 11.9 Å². The van der Waals surface area contributed by atoms with Gasteiger partial charge in [-0.3, -0.25) is 24.2 Å². The van der Waals surface area contributed by atoms with Crippen molar-refractivity contribution in [2.45, 2.75) is 38.6 Å². The van der Waals surface area contributed by atoms with Crippen LogP contribution in [0, 0.1) is 11.8 Å². The molecule has 11 nitrogen and oxygen atoms in total. The number of ketones is 1. The zero-order valence-corrected chi connectivity index (χ0v) is 24.7. The molecule has 2 aromatic carbocycles. The van der Waals surface area contributed by atoms with E-state index >= 15 is 0 Å². The van der Waals surface area contributed by atoms with E-state index in [9.17, 15) is 19.5 Å². The van der Waals surface area contributed by atoms with Crippen molar-refractivity contribution in [1.29, 1.82) is 0 Å². The van der Waals surface area contributed by atoms with Crippen LogP contribution in [0.2, 0.25) is 0 Å². The Hall–Kier alpha value is -3.51. The zero-order valence-electron chi connectivity index (χ0n) is 28.7. The standard InChI is InChI=1S/C16H21NO5.C16H21NO4/c1-20-13-4-2-12(3-5-13)10-17-7-6-14(15(18)19)16(11-17)21-8-9-22-16;1-3-21-16(19)14-8-9-17(11-15(14)18)10-12-4-6-13(20-2)7-5-12/h2-5,14H,6-11H2,1H3,(H,18,19);4-7,14H,3,8-11H2,1-2H3/i2*11D2. The van der Waals surface area contributed by atoms with Crippen molar-refractivity contribution in [3.8, 4) is 11.5 Å². The molecule has 0 bridgehead atoms. The zero-order chi connectivity index (χ0) is 34.4. The number of Topliss-reactive ketones (excluding diaryl/α,β-unsaturated/α-hetero) is 1. The number of nitrogens with zero attached hydrogens (tertiary/aromatic N) is 2. The Balaban J connectivity index is 0.000000213. The van der Waals surface area contributed by atoms with Crippen molar-refractivity contribution in [2.24, 2.45) is 11.8 Å². The van der Waals surface area contributed by atoms with Gasteiger partial charge in [0.15, 0.2) is 11.6 Å². The van der Waals surface area contributed by atoms with Crippen molar-refractivity contribution in [3.05, 3.63) is 59.7 Å². The minimum atomic E-state index is -2.18. The average molecular weight is 603 g/mol. The fraction of sp³-hybridized carbons (Fsp3) is 0.531. The topological polar surface area (TPSA) is 124 Å². The summed E-state index contributed by atoms with van der Waals surface area (Å²) in [6.07, 6.45) is 0.540. The molecule has 3 aliphatic rings. The second-order valence-corrected chi connectivity index (χ2v) is 10.3. The summed E-state index contributed by atoms with van der Waals surface area (Å²) in [5.74, 6) is -4.81. The highest BCUT2D eigenvalue weighted by molar-refractivity contribution is 6.00. The molecular weight excluding hydrogens is 556 g/mol. The first kappa shape index (κ1) is 27.1. The number of benzene rings is 2. The minimum absolute atomic E-state index is 0.182. The summed E-state index contributed by atoms with van der Waals surface area (Å²) in [4.78, 5) is 38.7. The van der Waals surface area contributed by atoms with E-state index < -0.39 is 48.3 Å². The number of methoxy groups -OCH3 is 2. The van der Waals surface area contributed by atoms with E-state index in [1.54, 1.807) is 38.2 Å². The average Bonchev–Trinajstić information content (AvgIpc) is 3.54. The lowest BCUT2D eigenvalue weighted by molar-refractivity contribution is -0.229. The van der Waals surface area contributed by atoms with Gasteiger partial charge in [0, 0.05) is 22.4 Å². The van der Waals surface area contributed by atoms with Crippen LogP contribution < -0.4 is 9.47 Å². The summed E-state index contributed by atoms with van der Waals surface area (Å²) in [5, 5.41) is 9.47. The summed E-state index contributed by atoms with van der Waals surface area (Å²) in [5.41, 5.74) is 1.78. The monoisotopic (exact) mass is 602 g/mol. The molecular formula is C32H42N2O9. The molecule has 3 saturated heterocycles. The van der Waals surface area contributed by atoms with Gasteiger partial charge in [0.25, 0.3) is 0 Å². The van der Waals surface area contributed by atoms with Crippen LogP contribution in [0.4, 0.5) is 0 Å². The third-order valence-electron chi connectivity index (χ3n) is 7.38. The molecule has 2 atom stereocenters. The lowest BCUT2D eigenvalue weighted by Gasteiger charge is -2.42. The molecule has 0 aliphatic carbocycles. The van der Waals surface area contributed by atoms with E-state index in [2.05, 4.69) is 0 Å².